The molecule has 0 spiro atoms. The summed E-state index contributed by atoms with van der Waals surface area (Å²) in [5.41, 5.74) is 7.65. The Labute approximate surface area is 128 Å². The third kappa shape index (κ3) is 4.07. The quantitative estimate of drug-likeness (QED) is 0.909. The summed E-state index contributed by atoms with van der Waals surface area (Å²) in [7, 11) is -2.96. The summed E-state index contributed by atoms with van der Waals surface area (Å²) in [6.45, 7) is 2.12. The molecule has 3 unspecified atom stereocenters. The van der Waals surface area contributed by atoms with Gasteiger partial charge in [-0.1, -0.05) is 43.7 Å². The molecule has 1 aliphatic carbocycles. The highest BCUT2D eigenvalue weighted by Gasteiger charge is 2.39. The number of hydrogen-bond acceptors (Lipinski definition) is 3. The van der Waals surface area contributed by atoms with Gasteiger partial charge in [0.2, 0.25) is 0 Å². The van der Waals surface area contributed by atoms with Crippen LogP contribution in [-0.2, 0) is 16.3 Å². The minimum Gasteiger partial charge on any atom is -0.325 e. The van der Waals surface area contributed by atoms with Crippen LogP contribution in [0.25, 0.3) is 0 Å². The molecule has 0 heterocycles. The summed E-state index contributed by atoms with van der Waals surface area (Å²) in [6, 6.07) is 10.3. The minimum atomic E-state index is -2.96. The van der Waals surface area contributed by atoms with Gasteiger partial charge >= 0.3 is 0 Å². The first kappa shape index (κ1) is 16.5. The van der Waals surface area contributed by atoms with E-state index in [0.717, 1.165) is 38.5 Å². The van der Waals surface area contributed by atoms with Gasteiger partial charge in [0, 0.05) is 11.8 Å². The van der Waals surface area contributed by atoms with Crippen LogP contribution in [-0.4, -0.2) is 25.5 Å². The first-order chi connectivity index (χ1) is 9.85. The predicted octanol–water partition coefficient (Wildman–Crippen LogP) is 2.94. The highest BCUT2D eigenvalue weighted by Crippen LogP contribution is 2.37. The molecule has 1 saturated carbocycles. The summed E-state index contributed by atoms with van der Waals surface area (Å²) in [4.78, 5) is 0. The molecule has 0 aliphatic heterocycles. The van der Waals surface area contributed by atoms with Gasteiger partial charge < -0.3 is 5.73 Å². The summed E-state index contributed by atoms with van der Waals surface area (Å²) < 4.78 is 23.7. The van der Waals surface area contributed by atoms with Crippen molar-refractivity contribution in [2.45, 2.75) is 56.2 Å². The summed E-state index contributed by atoms with van der Waals surface area (Å²) in [6.07, 6.45) is 6.59. The van der Waals surface area contributed by atoms with E-state index < -0.39 is 9.84 Å². The Morgan fingerprint density at radius 2 is 1.90 bits per heavy atom. The maximum absolute atomic E-state index is 11.9. The standard InChI is InChI=1S/C17H27NO2S/c1-3-17(18,13-14-8-5-4-6-9-14)15-10-7-11-16(12-15)21(2,19)20/h4-6,8-9,15-16H,3,7,10-13,18H2,1-2H3. The number of rotatable bonds is 5. The van der Waals surface area contributed by atoms with Crippen molar-refractivity contribution in [1.29, 1.82) is 0 Å². The number of hydrogen-bond donors (Lipinski definition) is 1. The van der Waals surface area contributed by atoms with E-state index in [9.17, 15) is 8.42 Å². The predicted molar refractivity (Wildman–Crippen MR) is 87.9 cm³/mol. The SMILES string of the molecule is CCC(N)(Cc1ccccc1)C1CCCC(S(C)(=O)=O)C1. The van der Waals surface area contributed by atoms with Crippen molar-refractivity contribution in [3.05, 3.63) is 35.9 Å². The van der Waals surface area contributed by atoms with E-state index in [4.69, 9.17) is 5.73 Å². The Kier molecular flexibility index (Phi) is 5.10. The Balaban J connectivity index is 2.15. The maximum atomic E-state index is 11.9. The van der Waals surface area contributed by atoms with Crippen molar-refractivity contribution in [3.63, 3.8) is 0 Å². The molecule has 0 aromatic heterocycles. The van der Waals surface area contributed by atoms with E-state index >= 15 is 0 Å². The fraction of sp³-hybridized carbons (Fsp3) is 0.647. The fourth-order valence-corrected chi connectivity index (χ4v) is 4.77. The van der Waals surface area contributed by atoms with Crippen LogP contribution >= 0.6 is 0 Å². The molecule has 118 valence electrons. The first-order valence-electron chi connectivity index (χ1n) is 7.87. The molecule has 1 fully saturated rings. The van der Waals surface area contributed by atoms with Gasteiger partial charge in [-0.2, -0.15) is 0 Å². The summed E-state index contributed by atoms with van der Waals surface area (Å²) >= 11 is 0. The number of benzene rings is 1. The monoisotopic (exact) mass is 309 g/mol. The van der Waals surface area contributed by atoms with Crippen LogP contribution in [0.3, 0.4) is 0 Å². The summed E-state index contributed by atoms with van der Waals surface area (Å²) in [5.74, 6) is 0.288. The normalized spacial score (nSPS) is 26.2. The van der Waals surface area contributed by atoms with E-state index in [1.165, 1.54) is 11.8 Å². The molecule has 2 N–H and O–H groups in total. The van der Waals surface area contributed by atoms with Crippen LogP contribution in [0.1, 0.15) is 44.6 Å². The van der Waals surface area contributed by atoms with Gasteiger partial charge in [0.1, 0.15) is 9.84 Å². The molecule has 0 saturated heterocycles. The van der Waals surface area contributed by atoms with Crippen molar-refractivity contribution in [3.8, 4) is 0 Å². The minimum absolute atomic E-state index is 0.207. The molecule has 1 aliphatic rings. The highest BCUT2D eigenvalue weighted by molar-refractivity contribution is 7.91. The first-order valence-corrected chi connectivity index (χ1v) is 9.82. The zero-order chi connectivity index (χ0) is 15.5. The maximum Gasteiger partial charge on any atom is 0.150 e. The van der Waals surface area contributed by atoms with Crippen molar-refractivity contribution < 1.29 is 8.42 Å². The van der Waals surface area contributed by atoms with Gasteiger partial charge in [-0.15, -0.1) is 0 Å². The second-order valence-electron chi connectivity index (χ2n) is 6.56. The smallest absolute Gasteiger partial charge is 0.150 e. The van der Waals surface area contributed by atoms with Crippen LogP contribution in [0.15, 0.2) is 30.3 Å². The molecule has 0 amide bonds. The second kappa shape index (κ2) is 6.49. The second-order valence-corrected chi connectivity index (χ2v) is 8.89. The van der Waals surface area contributed by atoms with E-state index in [-0.39, 0.29) is 16.7 Å². The van der Waals surface area contributed by atoms with E-state index in [2.05, 4.69) is 19.1 Å². The lowest BCUT2D eigenvalue weighted by molar-refractivity contribution is 0.199. The average Bonchev–Trinajstić information content (AvgIpc) is 2.47. The van der Waals surface area contributed by atoms with E-state index in [1.54, 1.807) is 0 Å². The molecule has 1 aromatic rings. The van der Waals surface area contributed by atoms with Crippen molar-refractivity contribution >= 4 is 9.84 Å². The average molecular weight is 309 g/mol. The zero-order valence-corrected chi connectivity index (χ0v) is 13.9. The third-order valence-electron chi connectivity index (χ3n) is 5.08. The number of sulfone groups is 1. The molecule has 21 heavy (non-hydrogen) atoms. The summed E-state index contributed by atoms with van der Waals surface area (Å²) in [5, 5.41) is -0.207. The van der Waals surface area contributed by atoms with Gasteiger partial charge in [-0.05, 0) is 43.6 Å². The topological polar surface area (TPSA) is 60.2 Å². The van der Waals surface area contributed by atoms with E-state index in [0.29, 0.717) is 0 Å². The lowest BCUT2D eigenvalue weighted by Gasteiger charge is -2.41. The van der Waals surface area contributed by atoms with Gasteiger partial charge in [0.15, 0.2) is 0 Å². The molecular weight excluding hydrogens is 282 g/mol. The molecule has 3 nitrogen and oxygen atoms in total. The Morgan fingerprint density at radius 3 is 2.48 bits per heavy atom. The molecule has 4 heteroatoms. The van der Waals surface area contributed by atoms with Crippen LogP contribution in [0.2, 0.25) is 0 Å². The van der Waals surface area contributed by atoms with Crippen LogP contribution in [0.5, 0.6) is 0 Å². The molecule has 1 aromatic carbocycles. The van der Waals surface area contributed by atoms with E-state index in [1.807, 2.05) is 18.2 Å². The van der Waals surface area contributed by atoms with Gasteiger partial charge in [0.25, 0.3) is 0 Å². The molecule has 2 rings (SSSR count). The lowest BCUT2D eigenvalue weighted by Crippen LogP contribution is -2.51. The Morgan fingerprint density at radius 1 is 1.24 bits per heavy atom. The Hall–Kier alpha value is -0.870. The molecule has 3 atom stereocenters. The van der Waals surface area contributed by atoms with Crippen molar-refractivity contribution in [2.24, 2.45) is 11.7 Å². The van der Waals surface area contributed by atoms with Crippen molar-refractivity contribution in [2.75, 3.05) is 6.26 Å². The van der Waals surface area contributed by atoms with Crippen LogP contribution in [0, 0.1) is 5.92 Å². The largest absolute Gasteiger partial charge is 0.325 e. The van der Waals surface area contributed by atoms with Crippen LogP contribution < -0.4 is 5.73 Å². The molecule has 0 bridgehead atoms. The highest BCUT2D eigenvalue weighted by atomic mass is 32.2. The van der Waals surface area contributed by atoms with Crippen LogP contribution in [0.4, 0.5) is 0 Å². The zero-order valence-electron chi connectivity index (χ0n) is 13.1. The van der Waals surface area contributed by atoms with Gasteiger partial charge in [-0.3, -0.25) is 0 Å². The molecular formula is C17H27NO2S. The van der Waals surface area contributed by atoms with Gasteiger partial charge in [-0.25, -0.2) is 8.42 Å². The fourth-order valence-electron chi connectivity index (χ4n) is 3.59. The number of nitrogens with two attached hydrogens (primary N) is 1. The van der Waals surface area contributed by atoms with Gasteiger partial charge in [0.05, 0.1) is 5.25 Å². The van der Waals surface area contributed by atoms with Crippen molar-refractivity contribution in [1.82, 2.24) is 0 Å². The molecule has 0 radical (unpaired) electrons. The lowest BCUT2D eigenvalue weighted by atomic mass is 9.71. The third-order valence-corrected chi connectivity index (χ3v) is 6.72. The Bertz CT molecular complexity index is 555.